The Hall–Kier alpha value is -3.67. The Bertz CT molecular complexity index is 975. The van der Waals surface area contributed by atoms with Crippen LogP contribution in [0.3, 0.4) is 0 Å². The molecular formula is C23H21N3O3. The van der Waals surface area contributed by atoms with Crippen molar-refractivity contribution in [1.82, 2.24) is 10.3 Å². The average molecular weight is 387 g/mol. The Labute approximate surface area is 169 Å². The zero-order chi connectivity index (χ0) is 20.1. The maximum absolute atomic E-state index is 12.8. The summed E-state index contributed by atoms with van der Waals surface area (Å²) in [6.45, 7) is 0.828. The molecule has 4 rings (SSSR count). The standard InChI is InChI=1S/C23H21N3O3/c27-22(25-16-17-6-4-5-14-24-17)21-13-15-26(23(21)28)18-9-11-20(12-10-18)29-19-7-2-1-3-8-19/h1-12,14,21H,13,15-16H2,(H,25,27)/t21-/m0/s1. The van der Waals surface area contributed by atoms with Gasteiger partial charge in [-0.25, -0.2) is 0 Å². The van der Waals surface area contributed by atoms with E-state index in [0.29, 0.717) is 25.3 Å². The van der Waals surface area contributed by atoms with E-state index in [1.165, 1.54) is 0 Å². The number of carbonyl (C=O) groups is 2. The second-order valence-corrected chi connectivity index (χ2v) is 6.78. The van der Waals surface area contributed by atoms with Crippen molar-refractivity contribution >= 4 is 17.5 Å². The molecule has 0 aliphatic carbocycles. The van der Waals surface area contributed by atoms with Crippen LogP contribution in [0, 0.1) is 5.92 Å². The molecule has 2 amide bonds. The summed E-state index contributed by atoms with van der Waals surface area (Å²) in [5.41, 5.74) is 1.52. The van der Waals surface area contributed by atoms with Crippen LogP contribution in [0.4, 0.5) is 5.69 Å². The zero-order valence-electron chi connectivity index (χ0n) is 15.8. The number of anilines is 1. The van der Waals surface area contributed by atoms with Crippen LogP contribution >= 0.6 is 0 Å². The van der Waals surface area contributed by atoms with Crippen molar-refractivity contribution in [3.8, 4) is 11.5 Å². The number of ether oxygens (including phenoxy) is 1. The zero-order valence-corrected chi connectivity index (χ0v) is 15.8. The Morgan fingerprint density at radius 1 is 1.00 bits per heavy atom. The topological polar surface area (TPSA) is 71.5 Å². The molecule has 29 heavy (non-hydrogen) atoms. The van der Waals surface area contributed by atoms with E-state index < -0.39 is 5.92 Å². The number of benzene rings is 2. The van der Waals surface area contributed by atoms with Gasteiger partial charge in [0.25, 0.3) is 0 Å². The molecule has 1 aliphatic rings. The average Bonchev–Trinajstić information content (AvgIpc) is 3.15. The van der Waals surface area contributed by atoms with Crippen LogP contribution in [0.2, 0.25) is 0 Å². The number of hydrogen-bond acceptors (Lipinski definition) is 4. The molecule has 0 saturated carbocycles. The molecule has 1 saturated heterocycles. The van der Waals surface area contributed by atoms with Gasteiger partial charge in [0, 0.05) is 18.4 Å². The number of para-hydroxylation sites is 1. The highest BCUT2D eigenvalue weighted by molar-refractivity contribution is 6.09. The summed E-state index contributed by atoms with van der Waals surface area (Å²) in [7, 11) is 0. The lowest BCUT2D eigenvalue weighted by atomic mass is 10.1. The van der Waals surface area contributed by atoms with Crippen LogP contribution in [-0.2, 0) is 16.1 Å². The summed E-state index contributed by atoms with van der Waals surface area (Å²) in [4.78, 5) is 31.0. The number of hydrogen-bond donors (Lipinski definition) is 1. The molecule has 1 N–H and O–H groups in total. The third kappa shape index (κ3) is 4.43. The summed E-state index contributed by atoms with van der Waals surface area (Å²) in [6.07, 6.45) is 2.17. The minimum absolute atomic E-state index is 0.180. The highest BCUT2D eigenvalue weighted by Gasteiger charge is 2.37. The van der Waals surface area contributed by atoms with E-state index in [0.717, 1.165) is 17.1 Å². The number of rotatable bonds is 6. The third-order valence-corrected chi connectivity index (χ3v) is 4.82. The number of amides is 2. The lowest BCUT2D eigenvalue weighted by molar-refractivity contribution is -0.132. The van der Waals surface area contributed by atoms with Gasteiger partial charge in [0.15, 0.2) is 0 Å². The first-order valence-corrected chi connectivity index (χ1v) is 9.53. The van der Waals surface area contributed by atoms with Crippen molar-refractivity contribution in [1.29, 1.82) is 0 Å². The quantitative estimate of drug-likeness (QED) is 0.657. The maximum Gasteiger partial charge on any atom is 0.239 e. The molecule has 2 heterocycles. The Morgan fingerprint density at radius 3 is 2.45 bits per heavy atom. The first kappa shape index (κ1) is 18.7. The number of pyridine rings is 1. The molecule has 0 radical (unpaired) electrons. The lowest BCUT2D eigenvalue weighted by Gasteiger charge is -2.17. The highest BCUT2D eigenvalue weighted by atomic mass is 16.5. The normalized spacial score (nSPS) is 15.9. The minimum Gasteiger partial charge on any atom is -0.457 e. The second-order valence-electron chi connectivity index (χ2n) is 6.78. The highest BCUT2D eigenvalue weighted by Crippen LogP contribution is 2.28. The molecule has 1 aromatic heterocycles. The predicted molar refractivity (Wildman–Crippen MR) is 110 cm³/mol. The van der Waals surface area contributed by atoms with E-state index in [-0.39, 0.29) is 11.8 Å². The summed E-state index contributed by atoms with van der Waals surface area (Å²) in [5, 5.41) is 2.81. The molecule has 1 aliphatic heterocycles. The third-order valence-electron chi connectivity index (χ3n) is 4.82. The fraction of sp³-hybridized carbons (Fsp3) is 0.174. The molecule has 3 aromatic rings. The van der Waals surface area contributed by atoms with Crippen LogP contribution in [0.5, 0.6) is 11.5 Å². The number of nitrogens with one attached hydrogen (secondary N) is 1. The van der Waals surface area contributed by atoms with Gasteiger partial charge in [-0.15, -0.1) is 0 Å². The van der Waals surface area contributed by atoms with E-state index in [1.807, 2.05) is 72.8 Å². The van der Waals surface area contributed by atoms with Gasteiger partial charge >= 0.3 is 0 Å². The summed E-state index contributed by atoms with van der Waals surface area (Å²) >= 11 is 0. The van der Waals surface area contributed by atoms with E-state index in [2.05, 4.69) is 10.3 Å². The van der Waals surface area contributed by atoms with Crippen LogP contribution in [0.1, 0.15) is 12.1 Å². The van der Waals surface area contributed by atoms with Crippen molar-refractivity contribution < 1.29 is 14.3 Å². The molecule has 0 spiro atoms. The molecule has 0 unspecified atom stereocenters. The Kier molecular flexibility index (Phi) is 5.52. The largest absolute Gasteiger partial charge is 0.457 e. The molecule has 6 heteroatoms. The van der Waals surface area contributed by atoms with Crippen molar-refractivity contribution in [2.75, 3.05) is 11.4 Å². The molecule has 2 aromatic carbocycles. The van der Waals surface area contributed by atoms with Gasteiger partial charge in [-0.1, -0.05) is 24.3 Å². The van der Waals surface area contributed by atoms with Crippen LogP contribution in [0.25, 0.3) is 0 Å². The van der Waals surface area contributed by atoms with Crippen molar-refractivity contribution in [2.45, 2.75) is 13.0 Å². The first-order valence-electron chi connectivity index (χ1n) is 9.53. The van der Waals surface area contributed by atoms with Gasteiger partial charge in [0.05, 0.1) is 12.2 Å². The van der Waals surface area contributed by atoms with E-state index in [9.17, 15) is 9.59 Å². The predicted octanol–water partition coefficient (Wildman–Crippen LogP) is 3.54. The van der Waals surface area contributed by atoms with Gasteiger partial charge in [-0.2, -0.15) is 0 Å². The van der Waals surface area contributed by atoms with Crippen molar-refractivity contribution in [3.63, 3.8) is 0 Å². The summed E-state index contributed by atoms with van der Waals surface area (Å²) in [6, 6.07) is 22.3. The Morgan fingerprint density at radius 2 is 1.72 bits per heavy atom. The van der Waals surface area contributed by atoms with Crippen molar-refractivity contribution in [3.05, 3.63) is 84.7 Å². The molecule has 1 atom stereocenters. The maximum atomic E-state index is 12.8. The summed E-state index contributed by atoms with van der Waals surface area (Å²) in [5.74, 6) is 0.338. The first-order chi connectivity index (χ1) is 14.2. The smallest absolute Gasteiger partial charge is 0.239 e. The number of nitrogens with zero attached hydrogens (tertiary/aromatic N) is 2. The molecule has 6 nitrogen and oxygen atoms in total. The number of carbonyl (C=O) groups excluding carboxylic acids is 2. The lowest BCUT2D eigenvalue weighted by Crippen LogP contribution is -2.36. The van der Waals surface area contributed by atoms with Crippen LogP contribution < -0.4 is 15.0 Å². The Balaban J connectivity index is 1.36. The van der Waals surface area contributed by atoms with E-state index >= 15 is 0 Å². The molecule has 1 fully saturated rings. The SMILES string of the molecule is O=C(NCc1ccccn1)[C@@H]1CCN(c2ccc(Oc3ccccc3)cc2)C1=O. The van der Waals surface area contributed by atoms with Crippen LogP contribution in [-0.4, -0.2) is 23.3 Å². The van der Waals surface area contributed by atoms with Gasteiger partial charge in [-0.05, 0) is 55.0 Å². The van der Waals surface area contributed by atoms with Gasteiger partial charge in [0.1, 0.15) is 17.4 Å². The number of aromatic nitrogens is 1. The van der Waals surface area contributed by atoms with Gasteiger partial charge < -0.3 is 15.0 Å². The van der Waals surface area contributed by atoms with Crippen molar-refractivity contribution in [2.24, 2.45) is 5.92 Å². The second kappa shape index (κ2) is 8.56. The van der Waals surface area contributed by atoms with Gasteiger partial charge in [-0.3, -0.25) is 14.6 Å². The molecule has 0 bridgehead atoms. The fourth-order valence-electron chi connectivity index (χ4n) is 3.30. The molecule has 146 valence electrons. The van der Waals surface area contributed by atoms with Gasteiger partial charge in [0.2, 0.25) is 11.8 Å². The van der Waals surface area contributed by atoms with E-state index in [1.54, 1.807) is 11.1 Å². The monoisotopic (exact) mass is 387 g/mol. The fourth-order valence-corrected chi connectivity index (χ4v) is 3.30. The minimum atomic E-state index is -0.668. The summed E-state index contributed by atoms with van der Waals surface area (Å²) < 4.78 is 5.78. The van der Waals surface area contributed by atoms with E-state index in [4.69, 9.17) is 4.74 Å². The van der Waals surface area contributed by atoms with Crippen LogP contribution in [0.15, 0.2) is 79.0 Å². The molecular weight excluding hydrogens is 366 g/mol.